The summed E-state index contributed by atoms with van der Waals surface area (Å²) in [6, 6.07) is 12.7. The van der Waals surface area contributed by atoms with Crippen LogP contribution < -0.4 is 14.8 Å². The number of methoxy groups -OCH3 is 1. The second kappa shape index (κ2) is 10.1. The lowest BCUT2D eigenvalue weighted by molar-refractivity contribution is -0.138. The van der Waals surface area contributed by atoms with Gasteiger partial charge in [0.05, 0.1) is 19.7 Å². The molecule has 0 aliphatic carbocycles. The second-order valence-electron chi connectivity index (χ2n) is 6.10. The minimum atomic E-state index is -1.05. The van der Waals surface area contributed by atoms with Gasteiger partial charge in [-0.1, -0.05) is 47.6 Å². The first-order chi connectivity index (χ1) is 14.5. The van der Waals surface area contributed by atoms with E-state index < -0.39 is 17.1 Å². The molecule has 10 heteroatoms. The molecule has 1 atom stereocenters. The average molecular weight is 448 g/mol. The number of para-hydroxylation sites is 1. The number of halogens is 1. The van der Waals surface area contributed by atoms with E-state index in [1.54, 1.807) is 24.3 Å². The van der Waals surface area contributed by atoms with Gasteiger partial charge in [0.25, 0.3) is 0 Å². The Morgan fingerprint density at radius 2 is 2.10 bits per heavy atom. The normalized spacial score (nSPS) is 17.3. The van der Waals surface area contributed by atoms with Crippen LogP contribution in [0.1, 0.15) is 17.5 Å². The number of thioether (sulfide) groups is 1. The van der Waals surface area contributed by atoms with Crippen LogP contribution in [0.15, 0.2) is 52.7 Å². The van der Waals surface area contributed by atoms with Crippen LogP contribution in [0.2, 0.25) is 5.02 Å². The quantitative estimate of drug-likeness (QED) is 0.474. The van der Waals surface area contributed by atoms with E-state index in [0.29, 0.717) is 22.1 Å². The van der Waals surface area contributed by atoms with Crippen molar-refractivity contribution in [2.24, 2.45) is 10.2 Å². The van der Waals surface area contributed by atoms with Crippen LogP contribution in [0.3, 0.4) is 0 Å². The van der Waals surface area contributed by atoms with Gasteiger partial charge in [-0.05, 0) is 18.2 Å². The van der Waals surface area contributed by atoms with Crippen molar-refractivity contribution >= 4 is 46.6 Å². The molecule has 0 bridgehead atoms. The highest BCUT2D eigenvalue weighted by Gasteiger charge is 2.32. The predicted molar refractivity (Wildman–Crippen MR) is 116 cm³/mol. The fourth-order valence-electron chi connectivity index (χ4n) is 2.60. The summed E-state index contributed by atoms with van der Waals surface area (Å²) in [7, 11) is 1.53. The number of carbonyl (C=O) groups is 2. The first-order valence-electron chi connectivity index (χ1n) is 8.81. The Kier molecular flexibility index (Phi) is 7.31. The Balaban J connectivity index is 1.75. The van der Waals surface area contributed by atoms with Gasteiger partial charge in [0.15, 0.2) is 16.7 Å². The lowest BCUT2D eigenvalue weighted by Crippen LogP contribution is -2.26. The van der Waals surface area contributed by atoms with Crippen molar-refractivity contribution in [3.05, 3.63) is 58.6 Å². The Hall–Kier alpha value is -3.04. The number of rotatable bonds is 8. The van der Waals surface area contributed by atoms with E-state index in [4.69, 9.17) is 26.2 Å². The number of amidine groups is 1. The summed E-state index contributed by atoms with van der Waals surface area (Å²) in [5.74, 6) is -0.468. The van der Waals surface area contributed by atoms with Gasteiger partial charge in [0, 0.05) is 16.1 Å². The molecular formula is C20H18ClN3O5S. The molecule has 1 heterocycles. The van der Waals surface area contributed by atoms with Gasteiger partial charge >= 0.3 is 5.97 Å². The zero-order valence-electron chi connectivity index (χ0n) is 15.9. The summed E-state index contributed by atoms with van der Waals surface area (Å²) in [4.78, 5) is 22.6. The van der Waals surface area contributed by atoms with E-state index in [1.165, 1.54) is 13.3 Å². The minimum Gasteiger partial charge on any atom is -0.493 e. The molecule has 0 spiro atoms. The number of carboxylic acids is 1. The smallest absolute Gasteiger partial charge is 0.305 e. The molecule has 2 aromatic rings. The minimum absolute atomic E-state index is 0.234. The molecule has 1 fully saturated rings. The Bertz CT molecular complexity index is 1010. The van der Waals surface area contributed by atoms with Crippen molar-refractivity contribution in [1.82, 2.24) is 5.32 Å². The monoisotopic (exact) mass is 447 g/mol. The molecule has 0 aromatic heterocycles. The third-order valence-corrected chi connectivity index (χ3v) is 5.48. The number of amides is 1. The molecule has 156 valence electrons. The van der Waals surface area contributed by atoms with Crippen molar-refractivity contribution < 1.29 is 24.2 Å². The molecule has 1 aliphatic rings. The summed E-state index contributed by atoms with van der Waals surface area (Å²) in [6.45, 7) is 0.234. The van der Waals surface area contributed by atoms with Crippen LogP contribution in [0.5, 0.6) is 11.5 Å². The van der Waals surface area contributed by atoms with Crippen LogP contribution >= 0.6 is 23.4 Å². The van der Waals surface area contributed by atoms with Crippen molar-refractivity contribution in [2.75, 3.05) is 7.11 Å². The molecule has 2 N–H and O–H groups in total. The third-order valence-electron chi connectivity index (χ3n) is 4.04. The van der Waals surface area contributed by atoms with Crippen LogP contribution in [0.4, 0.5) is 0 Å². The van der Waals surface area contributed by atoms with E-state index in [-0.39, 0.29) is 18.2 Å². The van der Waals surface area contributed by atoms with Crippen LogP contribution in [0, 0.1) is 0 Å². The van der Waals surface area contributed by atoms with Gasteiger partial charge in [0.2, 0.25) is 5.91 Å². The largest absolute Gasteiger partial charge is 0.493 e. The topological polar surface area (TPSA) is 110 Å². The standard InChI is InChI=1S/C20H18ClN3O5S/c1-28-15-8-4-6-12(18(15)29-11-13-5-2-3-7-14(13)21)10-22-24-20-23-19(27)16(30-20)9-17(25)26/h2-8,10,16H,9,11H2,1H3,(H,25,26)(H,23,24,27). The first kappa shape index (κ1) is 21.7. The van der Waals surface area contributed by atoms with Gasteiger partial charge in [-0.15, -0.1) is 5.10 Å². The van der Waals surface area contributed by atoms with E-state index >= 15 is 0 Å². The molecule has 1 unspecified atom stereocenters. The molecule has 2 aromatic carbocycles. The molecule has 0 radical (unpaired) electrons. The van der Waals surface area contributed by atoms with Crippen LogP contribution in [-0.4, -0.2) is 40.7 Å². The highest BCUT2D eigenvalue weighted by atomic mass is 35.5. The molecule has 3 rings (SSSR count). The highest BCUT2D eigenvalue weighted by molar-refractivity contribution is 8.15. The summed E-state index contributed by atoms with van der Waals surface area (Å²) < 4.78 is 11.3. The summed E-state index contributed by atoms with van der Waals surface area (Å²) >= 11 is 7.21. The summed E-state index contributed by atoms with van der Waals surface area (Å²) in [5, 5.41) is 19.4. The van der Waals surface area contributed by atoms with Crippen molar-refractivity contribution in [3.8, 4) is 11.5 Å². The van der Waals surface area contributed by atoms with E-state index in [1.807, 2.05) is 18.2 Å². The molecule has 8 nitrogen and oxygen atoms in total. The Morgan fingerprint density at radius 3 is 2.83 bits per heavy atom. The van der Waals surface area contributed by atoms with Crippen LogP contribution in [-0.2, 0) is 16.2 Å². The number of hydrogen-bond acceptors (Lipinski definition) is 7. The summed E-state index contributed by atoms with van der Waals surface area (Å²) in [6.07, 6.45) is 1.18. The number of hydrogen-bond donors (Lipinski definition) is 2. The maximum absolute atomic E-state index is 11.8. The average Bonchev–Trinajstić information content (AvgIpc) is 3.06. The lowest BCUT2D eigenvalue weighted by Gasteiger charge is -2.13. The number of carbonyl (C=O) groups excluding carboxylic acids is 1. The first-order valence-corrected chi connectivity index (χ1v) is 10.1. The highest BCUT2D eigenvalue weighted by Crippen LogP contribution is 2.31. The van der Waals surface area contributed by atoms with E-state index in [0.717, 1.165) is 17.3 Å². The maximum atomic E-state index is 11.8. The van der Waals surface area contributed by atoms with Gasteiger partial charge in [-0.3, -0.25) is 9.59 Å². The van der Waals surface area contributed by atoms with E-state index in [9.17, 15) is 9.59 Å². The van der Waals surface area contributed by atoms with Crippen LogP contribution in [0.25, 0.3) is 0 Å². The lowest BCUT2D eigenvalue weighted by atomic mass is 10.2. The number of carboxylic acid groups (broad SMARTS) is 1. The van der Waals surface area contributed by atoms with Crippen molar-refractivity contribution in [3.63, 3.8) is 0 Å². The van der Waals surface area contributed by atoms with Crippen molar-refractivity contribution in [1.29, 1.82) is 0 Å². The zero-order valence-corrected chi connectivity index (χ0v) is 17.4. The zero-order chi connectivity index (χ0) is 21.5. The third kappa shape index (κ3) is 5.52. The SMILES string of the molecule is COc1cccc(C=N/N=C2\NC(=O)C(CC(=O)O)S2)c1OCc1ccccc1Cl. The molecule has 0 saturated carbocycles. The fraction of sp³-hybridized carbons (Fsp3) is 0.200. The predicted octanol–water partition coefficient (Wildman–Crippen LogP) is 3.32. The Morgan fingerprint density at radius 1 is 1.30 bits per heavy atom. The Labute approximate surface area is 181 Å². The summed E-state index contributed by atoms with van der Waals surface area (Å²) in [5.41, 5.74) is 1.44. The van der Waals surface area contributed by atoms with Gasteiger partial charge in [0.1, 0.15) is 11.9 Å². The number of nitrogens with one attached hydrogen (secondary N) is 1. The number of ether oxygens (including phenoxy) is 2. The van der Waals surface area contributed by atoms with E-state index in [2.05, 4.69) is 15.5 Å². The second-order valence-corrected chi connectivity index (χ2v) is 7.70. The molecule has 30 heavy (non-hydrogen) atoms. The molecular weight excluding hydrogens is 430 g/mol. The molecule has 1 saturated heterocycles. The van der Waals surface area contributed by atoms with Gasteiger partial charge in [-0.2, -0.15) is 5.10 Å². The van der Waals surface area contributed by atoms with Gasteiger partial charge < -0.3 is 19.9 Å². The van der Waals surface area contributed by atoms with Gasteiger partial charge in [-0.25, -0.2) is 0 Å². The fourth-order valence-corrected chi connectivity index (χ4v) is 3.71. The number of benzene rings is 2. The number of aliphatic carboxylic acids is 1. The number of nitrogens with zero attached hydrogens (tertiary/aromatic N) is 2. The molecule has 1 amide bonds. The van der Waals surface area contributed by atoms with Crippen molar-refractivity contribution in [2.45, 2.75) is 18.3 Å². The molecule has 1 aliphatic heterocycles. The maximum Gasteiger partial charge on any atom is 0.305 e.